The van der Waals surface area contributed by atoms with Gasteiger partial charge in [-0.1, -0.05) is 13.0 Å². The predicted molar refractivity (Wildman–Crippen MR) is 45.7 cm³/mol. The molecule has 2 unspecified atom stereocenters. The molecule has 0 bridgehead atoms. The minimum absolute atomic E-state index is 0.176. The number of rotatable bonds is 5. The summed E-state index contributed by atoms with van der Waals surface area (Å²) < 4.78 is 15.4. The van der Waals surface area contributed by atoms with Crippen LogP contribution in [0.5, 0.6) is 0 Å². The fourth-order valence-electron chi connectivity index (χ4n) is 0.587. The quantitative estimate of drug-likeness (QED) is 0.517. The summed E-state index contributed by atoms with van der Waals surface area (Å²) in [6, 6.07) is 0. The summed E-state index contributed by atoms with van der Waals surface area (Å²) in [6.07, 6.45) is 2.61. The zero-order valence-corrected chi connectivity index (χ0v) is 7.88. The third-order valence-electron chi connectivity index (χ3n) is 1.39. The molecule has 0 saturated heterocycles. The number of hydrogen-bond donors (Lipinski definition) is 1. The van der Waals surface area contributed by atoms with Gasteiger partial charge in [0.1, 0.15) is 0 Å². The molecular formula is C7H15O3P. The summed E-state index contributed by atoms with van der Waals surface area (Å²) in [6.45, 7) is 7.03. The van der Waals surface area contributed by atoms with Crippen molar-refractivity contribution in [3.8, 4) is 0 Å². The topological polar surface area (TPSA) is 46.5 Å². The molecule has 66 valence electrons. The maximum Gasteiger partial charge on any atom is 0.325 e. The Morgan fingerprint density at radius 3 is 2.64 bits per heavy atom. The molecule has 0 aromatic heterocycles. The van der Waals surface area contributed by atoms with Crippen molar-refractivity contribution in [2.24, 2.45) is 5.92 Å². The summed E-state index contributed by atoms with van der Waals surface area (Å²) in [7, 11) is -3.29. The van der Waals surface area contributed by atoms with Gasteiger partial charge in [0.2, 0.25) is 0 Å². The van der Waals surface area contributed by atoms with Crippen molar-refractivity contribution in [1.29, 1.82) is 0 Å². The molecule has 0 radical (unpaired) electrons. The van der Waals surface area contributed by atoms with Crippen LogP contribution in [0.2, 0.25) is 0 Å². The minimum atomic E-state index is -3.29. The third-order valence-corrected chi connectivity index (χ3v) is 2.01. The van der Waals surface area contributed by atoms with Crippen LogP contribution in [0.3, 0.4) is 0 Å². The van der Waals surface area contributed by atoms with Crippen molar-refractivity contribution in [2.75, 3.05) is 13.3 Å². The van der Waals surface area contributed by atoms with E-state index in [1.54, 1.807) is 6.08 Å². The maximum absolute atomic E-state index is 10.6. The first-order valence-electron chi connectivity index (χ1n) is 3.57. The van der Waals surface area contributed by atoms with Gasteiger partial charge in [0.05, 0.1) is 6.61 Å². The highest BCUT2D eigenvalue weighted by Crippen LogP contribution is 2.37. The fraction of sp³-hybridized carbons (Fsp3) is 0.714. The zero-order valence-electron chi connectivity index (χ0n) is 6.99. The van der Waals surface area contributed by atoms with Gasteiger partial charge in [0.25, 0.3) is 0 Å². The van der Waals surface area contributed by atoms with Crippen LogP contribution in [0.25, 0.3) is 0 Å². The van der Waals surface area contributed by atoms with Crippen molar-refractivity contribution in [3.63, 3.8) is 0 Å². The molecule has 0 spiro atoms. The van der Waals surface area contributed by atoms with E-state index in [1.807, 2.05) is 6.92 Å². The Morgan fingerprint density at radius 1 is 1.82 bits per heavy atom. The van der Waals surface area contributed by atoms with E-state index in [1.165, 1.54) is 6.66 Å². The van der Waals surface area contributed by atoms with Crippen molar-refractivity contribution in [1.82, 2.24) is 0 Å². The molecule has 0 amide bonds. The monoisotopic (exact) mass is 178 g/mol. The summed E-state index contributed by atoms with van der Waals surface area (Å²) >= 11 is 0. The Balaban J connectivity index is 3.68. The van der Waals surface area contributed by atoms with Gasteiger partial charge in [-0.15, -0.1) is 6.58 Å². The minimum Gasteiger partial charge on any atom is -0.324 e. The Morgan fingerprint density at radius 2 is 2.36 bits per heavy atom. The van der Waals surface area contributed by atoms with Crippen LogP contribution in [0, 0.1) is 5.92 Å². The first-order chi connectivity index (χ1) is 4.99. The van der Waals surface area contributed by atoms with E-state index in [0.29, 0.717) is 0 Å². The Labute approximate surface area is 67.6 Å². The molecule has 0 fully saturated rings. The average Bonchev–Trinajstić information content (AvgIpc) is 1.88. The first kappa shape index (κ1) is 10.9. The van der Waals surface area contributed by atoms with Crippen molar-refractivity contribution in [2.45, 2.75) is 13.3 Å². The lowest BCUT2D eigenvalue weighted by molar-refractivity contribution is 0.235. The standard InChI is InChI=1S/C7H15O3P/c1-4-7(5-2)6-10-11(3,8)9/h4,7H,1,5-6H2,2-3H3,(H,8,9). The largest absolute Gasteiger partial charge is 0.325 e. The Bertz CT molecular complexity index is 161. The van der Waals surface area contributed by atoms with E-state index in [0.717, 1.165) is 6.42 Å². The second kappa shape index (κ2) is 4.70. The molecule has 0 aromatic rings. The van der Waals surface area contributed by atoms with Gasteiger partial charge in [-0.3, -0.25) is 4.57 Å². The predicted octanol–water partition coefficient (Wildman–Crippen LogP) is 2.03. The average molecular weight is 178 g/mol. The Hall–Kier alpha value is -0.110. The molecule has 0 aliphatic rings. The van der Waals surface area contributed by atoms with Crippen molar-refractivity contribution >= 4 is 7.60 Å². The van der Waals surface area contributed by atoms with E-state index >= 15 is 0 Å². The lowest BCUT2D eigenvalue weighted by atomic mass is 10.1. The van der Waals surface area contributed by atoms with E-state index in [9.17, 15) is 4.57 Å². The molecule has 0 aromatic carbocycles. The van der Waals surface area contributed by atoms with Gasteiger partial charge in [0, 0.05) is 12.6 Å². The summed E-state index contributed by atoms with van der Waals surface area (Å²) in [5.74, 6) is 0.176. The molecule has 11 heavy (non-hydrogen) atoms. The summed E-state index contributed by atoms with van der Waals surface area (Å²) in [4.78, 5) is 8.76. The van der Waals surface area contributed by atoms with Gasteiger partial charge in [-0.25, -0.2) is 0 Å². The van der Waals surface area contributed by atoms with E-state index in [2.05, 4.69) is 6.58 Å². The van der Waals surface area contributed by atoms with Gasteiger partial charge >= 0.3 is 7.60 Å². The van der Waals surface area contributed by atoms with Crippen molar-refractivity contribution < 1.29 is 14.0 Å². The molecule has 0 heterocycles. The molecule has 0 aliphatic heterocycles. The molecule has 2 atom stereocenters. The van der Waals surface area contributed by atoms with Gasteiger partial charge in [-0.05, 0) is 6.42 Å². The summed E-state index contributed by atoms with van der Waals surface area (Å²) in [5.41, 5.74) is 0. The van der Waals surface area contributed by atoms with E-state index in [4.69, 9.17) is 9.42 Å². The lowest BCUT2D eigenvalue weighted by Gasteiger charge is -2.11. The molecule has 3 nitrogen and oxygen atoms in total. The summed E-state index contributed by atoms with van der Waals surface area (Å²) in [5, 5.41) is 0. The van der Waals surface area contributed by atoms with Gasteiger partial charge in [0.15, 0.2) is 0 Å². The van der Waals surface area contributed by atoms with Crippen LogP contribution in [0.1, 0.15) is 13.3 Å². The molecule has 0 rings (SSSR count). The van der Waals surface area contributed by atoms with Crippen LogP contribution >= 0.6 is 7.60 Å². The van der Waals surface area contributed by atoms with Crippen LogP contribution < -0.4 is 0 Å². The van der Waals surface area contributed by atoms with Crippen LogP contribution in [0.4, 0.5) is 0 Å². The second-order valence-corrected chi connectivity index (χ2v) is 4.37. The van der Waals surface area contributed by atoms with Crippen LogP contribution in [0.15, 0.2) is 12.7 Å². The van der Waals surface area contributed by atoms with Crippen LogP contribution in [-0.2, 0) is 9.09 Å². The third kappa shape index (κ3) is 6.29. The highest BCUT2D eigenvalue weighted by molar-refractivity contribution is 7.51. The zero-order chi connectivity index (χ0) is 8.91. The van der Waals surface area contributed by atoms with Crippen LogP contribution in [-0.4, -0.2) is 18.2 Å². The highest BCUT2D eigenvalue weighted by Gasteiger charge is 2.11. The number of hydrogen-bond acceptors (Lipinski definition) is 2. The van der Waals surface area contributed by atoms with Gasteiger partial charge < -0.3 is 9.42 Å². The van der Waals surface area contributed by atoms with Gasteiger partial charge in [-0.2, -0.15) is 0 Å². The molecule has 1 N–H and O–H groups in total. The van der Waals surface area contributed by atoms with E-state index in [-0.39, 0.29) is 12.5 Å². The normalized spacial score (nSPS) is 18.8. The molecular weight excluding hydrogens is 163 g/mol. The molecule has 0 aliphatic carbocycles. The Kier molecular flexibility index (Phi) is 4.66. The SMILES string of the molecule is C=CC(CC)COP(C)(=O)O. The fourth-order valence-corrected chi connectivity index (χ4v) is 1.05. The van der Waals surface area contributed by atoms with E-state index < -0.39 is 7.60 Å². The lowest BCUT2D eigenvalue weighted by Crippen LogP contribution is -2.03. The smallest absolute Gasteiger partial charge is 0.324 e. The van der Waals surface area contributed by atoms with Crippen molar-refractivity contribution in [3.05, 3.63) is 12.7 Å². The maximum atomic E-state index is 10.6. The first-order valence-corrected chi connectivity index (χ1v) is 5.59. The molecule has 0 saturated carbocycles. The second-order valence-electron chi connectivity index (χ2n) is 2.50. The molecule has 4 heteroatoms. The highest BCUT2D eigenvalue weighted by atomic mass is 31.2.